The number of anilines is 1. The Kier molecular flexibility index (Phi) is 6.58. The van der Waals surface area contributed by atoms with E-state index in [9.17, 15) is 9.59 Å². The molecule has 0 saturated heterocycles. The van der Waals surface area contributed by atoms with Crippen molar-refractivity contribution in [3.8, 4) is 5.75 Å². The van der Waals surface area contributed by atoms with Gasteiger partial charge in [0.25, 0.3) is 11.8 Å². The van der Waals surface area contributed by atoms with Crippen LogP contribution in [0.4, 0.5) is 5.69 Å². The van der Waals surface area contributed by atoms with Gasteiger partial charge in [0, 0.05) is 22.3 Å². The first-order valence-corrected chi connectivity index (χ1v) is 8.77. The molecule has 0 atom stereocenters. The lowest BCUT2D eigenvalue weighted by molar-refractivity contribution is -0.118. The molecular weight excluding hydrogens is 384 g/mol. The van der Waals surface area contributed by atoms with Crippen molar-refractivity contribution in [3.63, 3.8) is 0 Å². The third-order valence-corrected chi connectivity index (χ3v) is 3.98. The number of halogens is 1. The van der Waals surface area contributed by atoms with Crippen LogP contribution in [0.15, 0.2) is 40.9 Å². The van der Waals surface area contributed by atoms with E-state index in [4.69, 9.17) is 4.74 Å². The molecule has 0 bridgehead atoms. The summed E-state index contributed by atoms with van der Waals surface area (Å²) in [6, 6.07) is 10.7. The SMILES string of the molecule is CCNC(=O)c1cccc(NC(=O)COc2c(C)cc(Br)cc2C)c1. The predicted molar refractivity (Wildman–Crippen MR) is 102 cm³/mol. The van der Waals surface area contributed by atoms with Crippen molar-refractivity contribution in [1.29, 1.82) is 0 Å². The summed E-state index contributed by atoms with van der Waals surface area (Å²) >= 11 is 3.43. The van der Waals surface area contributed by atoms with E-state index in [2.05, 4.69) is 26.6 Å². The van der Waals surface area contributed by atoms with Crippen LogP contribution in [0.25, 0.3) is 0 Å². The number of carbonyl (C=O) groups excluding carboxylic acids is 2. The fraction of sp³-hybridized carbons (Fsp3) is 0.263. The molecule has 0 spiro atoms. The second-order valence-electron chi connectivity index (χ2n) is 5.65. The molecule has 2 rings (SSSR count). The second kappa shape index (κ2) is 8.67. The van der Waals surface area contributed by atoms with Gasteiger partial charge in [0.15, 0.2) is 6.61 Å². The number of ether oxygens (including phenoxy) is 1. The van der Waals surface area contributed by atoms with Crippen molar-refractivity contribution in [3.05, 3.63) is 57.6 Å². The van der Waals surface area contributed by atoms with Gasteiger partial charge in [0.1, 0.15) is 5.75 Å². The van der Waals surface area contributed by atoms with Crippen LogP contribution >= 0.6 is 15.9 Å². The highest BCUT2D eigenvalue weighted by molar-refractivity contribution is 9.10. The Balaban J connectivity index is 1.99. The molecular formula is C19H21BrN2O3. The molecule has 6 heteroatoms. The van der Waals surface area contributed by atoms with E-state index in [0.717, 1.165) is 15.6 Å². The first kappa shape index (κ1) is 19.0. The number of amides is 2. The fourth-order valence-electron chi connectivity index (χ4n) is 2.46. The largest absolute Gasteiger partial charge is 0.483 e. The third-order valence-electron chi connectivity index (χ3n) is 3.52. The molecule has 2 aromatic carbocycles. The Bertz CT molecular complexity index is 767. The lowest BCUT2D eigenvalue weighted by atomic mass is 10.1. The zero-order valence-corrected chi connectivity index (χ0v) is 16.1. The summed E-state index contributed by atoms with van der Waals surface area (Å²) in [6.07, 6.45) is 0. The summed E-state index contributed by atoms with van der Waals surface area (Å²) in [5.41, 5.74) is 2.97. The van der Waals surface area contributed by atoms with E-state index in [1.165, 1.54) is 0 Å². The average Bonchev–Trinajstić information content (AvgIpc) is 2.54. The number of carbonyl (C=O) groups is 2. The Morgan fingerprint density at radius 2 is 1.80 bits per heavy atom. The molecule has 0 aliphatic carbocycles. The van der Waals surface area contributed by atoms with Crippen LogP contribution < -0.4 is 15.4 Å². The van der Waals surface area contributed by atoms with E-state index in [0.29, 0.717) is 23.5 Å². The Morgan fingerprint density at radius 1 is 1.12 bits per heavy atom. The monoisotopic (exact) mass is 404 g/mol. The molecule has 2 amide bonds. The van der Waals surface area contributed by atoms with Gasteiger partial charge in [-0.3, -0.25) is 9.59 Å². The summed E-state index contributed by atoms with van der Waals surface area (Å²) in [7, 11) is 0. The number of benzene rings is 2. The van der Waals surface area contributed by atoms with Crippen molar-refractivity contribution in [2.45, 2.75) is 20.8 Å². The lowest BCUT2D eigenvalue weighted by Crippen LogP contribution is -2.23. The van der Waals surface area contributed by atoms with Gasteiger partial charge in [-0.1, -0.05) is 22.0 Å². The quantitative estimate of drug-likeness (QED) is 0.768. The van der Waals surface area contributed by atoms with Crippen LogP contribution in [-0.2, 0) is 4.79 Å². The van der Waals surface area contributed by atoms with E-state index < -0.39 is 0 Å². The van der Waals surface area contributed by atoms with Crippen LogP contribution in [0.2, 0.25) is 0 Å². The highest BCUT2D eigenvalue weighted by atomic mass is 79.9. The van der Waals surface area contributed by atoms with Crippen molar-refractivity contribution in [2.75, 3.05) is 18.5 Å². The lowest BCUT2D eigenvalue weighted by Gasteiger charge is -2.13. The molecule has 0 heterocycles. The number of aryl methyl sites for hydroxylation is 2. The van der Waals surface area contributed by atoms with Gasteiger partial charge in [-0.05, 0) is 62.2 Å². The van der Waals surface area contributed by atoms with Crippen molar-refractivity contribution in [1.82, 2.24) is 5.32 Å². The molecule has 0 unspecified atom stereocenters. The Morgan fingerprint density at radius 3 is 2.44 bits per heavy atom. The summed E-state index contributed by atoms with van der Waals surface area (Å²) in [5, 5.41) is 5.47. The average molecular weight is 405 g/mol. The zero-order valence-electron chi connectivity index (χ0n) is 14.5. The minimum Gasteiger partial charge on any atom is -0.483 e. The number of nitrogens with one attached hydrogen (secondary N) is 2. The van der Waals surface area contributed by atoms with Crippen LogP contribution in [-0.4, -0.2) is 25.0 Å². The van der Waals surface area contributed by atoms with Crippen LogP contribution in [0, 0.1) is 13.8 Å². The van der Waals surface area contributed by atoms with Gasteiger partial charge in [0.2, 0.25) is 0 Å². The van der Waals surface area contributed by atoms with Gasteiger partial charge in [-0.2, -0.15) is 0 Å². The molecule has 0 aliphatic heterocycles. The molecule has 25 heavy (non-hydrogen) atoms. The summed E-state index contributed by atoms with van der Waals surface area (Å²) in [6.45, 7) is 6.17. The van der Waals surface area contributed by atoms with E-state index in [-0.39, 0.29) is 18.4 Å². The van der Waals surface area contributed by atoms with E-state index in [1.54, 1.807) is 24.3 Å². The predicted octanol–water partition coefficient (Wildman–Crippen LogP) is 3.83. The second-order valence-corrected chi connectivity index (χ2v) is 6.56. The molecule has 0 radical (unpaired) electrons. The summed E-state index contributed by atoms with van der Waals surface area (Å²) in [5.74, 6) is 0.250. The van der Waals surface area contributed by atoms with Crippen molar-refractivity contribution >= 4 is 33.4 Å². The van der Waals surface area contributed by atoms with Crippen molar-refractivity contribution in [2.24, 2.45) is 0 Å². The van der Waals surface area contributed by atoms with E-state index in [1.807, 2.05) is 32.9 Å². The van der Waals surface area contributed by atoms with Crippen LogP contribution in [0.1, 0.15) is 28.4 Å². The van der Waals surface area contributed by atoms with E-state index >= 15 is 0 Å². The number of hydrogen-bond acceptors (Lipinski definition) is 3. The van der Waals surface area contributed by atoms with Crippen LogP contribution in [0.5, 0.6) is 5.75 Å². The topological polar surface area (TPSA) is 67.4 Å². The Labute approximate surface area is 155 Å². The molecule has 0 aromatic heterocycles. The van der Waals surface area contributed by atoms with Gasteiger partial charge in [-0.15, -0.1) is 0 Å². The highest BCUT2D eigenvalue weighted by Crippen LogP contribution is 2.27. The summed E-state index contributed by atoms with van der Waals surface area (Å²) < 4.78 is 6.63. The zero-order chi connectivity index (χ0) is 18.4. The minimum absolute atomic E-state index is 0.102. The maximum Gasteiger partial charge on any atom is 0.262 e. The molecule has 0 saturated carbocycles. The number of hydrogen-bond donors (Lipinski definition) is 2. The first-order valence-electron chi connectivity index (χ1n) is 7.98. The van der Waals surface area contributed by atoms with Gasteiger partial charge < -0.3 is 15.4 Å². The first-order chi connectivity index (χ1) is 11.9. The van der Waals surface area contributed by atoms with Gasteiger partial charge >= 0.3 is 0 Å². The summed E-state index contributed by atoms with van der Waals surface area (Å²) in [4.78, 5) is 24.0. The molecule has 0 fully saturated rings. The molecule has 0 aliphatic rings. The molecule has 2 N–H and O–H groups in total. The molecule has 132 valence electrons. The van der Waals surface area contributed by atoms with Gasteiger partial charge in [0.05, 0.1) is 0 Å². The maximum atomic E-state index is 12.1. The highest BCUT2D eigenvalue weighted by Gasteiger charge is 2.10. The normalized spacial score (nSPS) is 10.2. The standard InChI is InChI=1S/C19H21BrN2O3/c1-4-21-19(24)14-6-5-7-16(10-14)22-17(23)11-25-18-12(2)8-15(20)9-13(18)3/h5-10H,4,11H2,1-3H3,(H,21,24)(H,22,23). The van der Waals surface area contributed by atoms with Gasteiger partial charge in [-0.25, -0.2) is 0 Å². The third kappa shape index (κ3) is 5.32. The number of rotatable bonds is 6. The van der Waals surface area contributed by atoms with Crippen LogP contribution in [0.3, 0.4) is 0 Å². The minimum atomic E-state index is -0.283. The Hall–Kier alpha value is -2.34. The van der Waals surface area contributed by atoms with Crippen molar-refractivity contribution < 1.29 is 14.3 Å². The fourth-order valence-corrected chi connectivity index (χ4v) is 3.15. The smallest absolute Gasteiger partial charge is 0.262 e. The molecule has 5 nitrogen and oxygen atoms in total. The molecule has 2 aromatic rings. The maximum absolute atomic E-state index is 12.1.